The molecular formula is C15H17N3O3. The maximum atomic E-state index is 11.6. The van der Waals surface area contributed by atoms with Gasteiger partial charge in [0.15, 0.2) is 5.69 Å². The van der Waals surface area contributed by atoms with E-state index in [2.05, 4.69) is 11.1 Å². The monoisotopic (exact) mass is 287 g/mol. The van der Waals surface area contributed by atoms with Crippen LogP contribution in [0.2, 0.25) is 0 Å². The standard InChI is InChI=1S/C15H17N3O3/c1-2-20-14(19)13-9-21-15(17-13)18-7-6-10-4-3-5-12(16)11(10)8-18/h3-5,9H,2,6-8,16H2,1H3. The molecule has 6 heteroatoms. The van der Waals surface area contributed by atoms with Crippen molar-refractivity contribution in [1.29, 1.82) is 0 Å². The van der Waals surface area contributed by atoms with Gasteiger partial charge in [-0.1, -0.05) is 12.1 Å². The first-order valence-corrected chi connectivity index (χ1v) is 6.93. The van der Waals surface area contributed by atoms with E-state index in [9.17, 15) is 4.79 Å². The molecule has 2 heterocycles. The van der Waals surface area contributed by atoms with Gasteiger partial charge < -0.3 is 19.8 Å². The Morgan fingerprint density at radius 3 is 3.19 bits per heavy atom. The lowest BCUT2D eigenvalue weighted by Crippen LogP contribution is -2.31. The van der Waals surface area contributed by atoms with Gasteiger partial charge in [0.2, 0.25) is 0 Å². The van der Waals surface area contributed by atoms with Crippen LogP contribution in [0.1, 0.15) is 28.5 Å². The summed E-state index contributed by atoms with van der Waals surface area (Å²) in [7, 11) is 0. The molecule has 0 amide bonds. The molecule has 2 N–H and O–H groups in total. The fraction of sp³-hybridized carbons (Fsp3) is 0.333. The Hall–Kier alpha value is -2.50. The summed E-state index contributed by atoms with van der Waals surface area (Å²) in [5.41, 5.74) is 9.34. The molecular weight excluding hydrogens is 270 g/mol. The van der Waals surface area contributed by atoms with Crippen LogP contribution >= 0.6 is 0 Å². The summed E-state index contributed by atoms with van der Waals surface area (Å²) in [4.78, 5) is 17.8. The van der Waals surface area contributed by atoms with Crippen molar-refractivity contribution in [2.75, 3.05) is 23.8 Å². The molecule has 1 aliphatic rings. The highest BCUT2D eigenvalue weighted by Crippen LogP contribution is 2.27. The van der Waals surface area contributed by atoms with Crippen molar-refractivity contribution < 1.29 is 13.9 Å². The lowest BCUT2D eigenvalue weighted by Gasteiger charge is -2.28. The zero-order valence-electron chi connectivity index (χ0n) is 11.8. The molecule has 6 nitrogen and oxygen atoms in total. The first kappa shape index (κ1) is 13.5. The normalized spacial score (nSPS) is 13.9. The van der Waals surface area contributed by atoms with E-state index in [0.717, 1.165) is 24.2 Å². The van der Waals surface area contributed by atoms with Gasteiger partial charge in [-0.15, -0.1) is 0 Å². The number of carbonyl (C=O) groups excluding carboxylic acids is 1. The van der Waals surface area contributed by atoms with Crippen molar-refractivity contribution in [1.82, 2.24) is 4.98 Å². The third-order valence-corrected chi connectivity index (χ3v) is 3.56. The largest absolute Gasteiger partial charge is 0.461 e. The molecule has 0 aliphatic carbocycles. The van der Waals surface area contributed by atoms with Crippen LogP contribution in [0.5, 0.6) is 0 Å². The molecule has 0 atom stereocenters. The number of hydrogen-bond acceptors (Lipinski definition) is 6. The second-order valence-corrected chi connectivity index (χ2v) is 4.89. The molecule has 0 spiro atoms. The number of nitrogens with two attached hydrogens (primary N) is 1. The SMILES string of the molecule is CCOC(=O)c1coc(N2CCc3cccc(N)c3C2)n1. The van der Waals surface area contributed by atoms with E-state index in [-0.39, 0.29) is 5.69 Å². The fourth-order valence-corrected chi connectivity index (χ4v) is 2.48. The highest BCUT2D eigenvalue weighted by atomic mass is 16.5. The highest BCUT2D eigenvalue weighted by molar-refractivity contribution is 5.87. The van der Waals surface area contributed by atoms with Gasteiger partial charge in [0.1, 0.15) is 6.26 Å². The summed E-state index contributed by atoms with van der Waals surface area (Å²) < 4.78 is 10.3. The summed E-state index contributed by atoms with van der Waals surface area (Å²) in [6.07, 6.45) is 2.20. The summed E-state index contributed by atoms with van der Waals surface area (Å²) in [6.45, 7) is 3.47. The van der Waals surface area contributed by atoms with E-state index in [0.29, 0.717) is 19.2 Å². The average molecular weight is 287 g/mol. The predicted molar refractivity (Wildman–Crippen MR) is 78.1 cm³/mol. The van der Waals surface area contributed by atoms with Crippen molar-refractivity contribution >= 4 is 17.7 Å². The Bertz CT molecular complexity index is 666. The van der Waals surface area contributed by atoms with E-state index in [4.69, 9.17) is 14.9 Å². The molecule has 21 heavy (non-hydrogen) atoms. The molecule has 0 saturated carbocycles. The van der Waals surface area contributed by atoms with Crippen LogP contribution < -0.4 is 10.6 Å². The zero-order chi connectivity index (χ0) is 14.8. The number of carbonyl (C=O) groups is 1. The number of anilines is 2. The Kier molecular flexibility index (Phi) is 3.51. The first-order valence-electron chi connectivity index (χ1n) is 6.93. The van der Waals surface area contributed by atoms with E-state index in [1.807, 2.05) is 17.0 Å². The molecule has 110 valence electrons. The minimum Gasteiger partial charge on any atom is -0.461 e. The summed E-state index contributed by atoms with van der Waals surface area (Å²) >= 11 is 0. The van der Waals surface area contributed by atoms with Crippen LogP contribution in [0.3, 0.4) is 0 Å². The second kappa shape index (κ2) is 5.47. The average Bonchev–Trinajstić information content (AvgIpc) is 2.98. The number of fused-ring (bicyclic) bond motifs is 1. The third-order valence-electron chi connectivity index (χ3n) is 3.56. The van der Waals surface area contributed by atoms with Crippen LogP contribution in [0, 0.1) is 0 Å². The molecule has 1 aromatic heterocycles. The first-order chi connectivity index (χ1) is 10.2. The van der Waals surface area contributed by atoms with E-state index >= 15 is 0 Å². The lowest BCUT2D eigenvalue weighted by molar-refractivity contribution is 0.0519. The Balaban J connectivity index is 1.80. The quantitative estimate of drug-likeness (QED) is 0.687. The molecule has 0 unspecified atom stereocenters. The Labute approximate surface area is 122 Å². The smallest absolute Gasteiger partial charge is 0.360 e. The number of nitrogens with zero attached hydrogens (tertiary/aromatic N) is 2. The summed E-state index contributed by atoms with van der Waals surface area (Å²) in [5.74, 6) is -0.468. The third kappa shape index (κ3) is 2.56. The van der Waals surface area contributed by atoms with Gasteiger partial charge in [-0.05, 0) is 30.5 Å². The maximum absolute atomic E-state index is 11.6. The number of oxazole rings is 1. The number of ether oxygens (including phenoxy) is 1. The van der Waals surface area contributed by atoms with Crippen LogP contribution in [-0.2, 0) is 17.7 Å². The van der Waals surface area contributed by atoms with Crippen LogP contribution in [-0.4, -0.2) is 24.1 Å². The number of benzene rings is 1. The number of hydrogen-bond donors (Lipinski definition) is 1. The molecule has 0 saturated heterocycles. The molecule has 1 aliphatic heterocycles. The predicted octanol–water partition coefficient (Wildman–Crippen LogP) is 2.00. The number of aromatic nitrogens is 1. The van der Waals surface area contributed by atoms with Gasteiger partial charge in [0.05, 0.1) is 6.61 Å². The van der Waals surface area contributed by atoms with Crippen molar-refractivity contribution in [2.45, 2.75) is 19.9 Å². The Morgan fingerprint density at radius 1 is 1.52 bits per heavy atom. The van der Waals surface area contributed by atoms with Gasteiger partial charge in [-0.2, -0.15) is 4.98 Å². The molecule has 2 aromatic rings. The summed E-state index contributed by atoms with van der Waals surface area (Å²) in [6, 6.07) is 6.37. The van der Waals surface area contributed by atoms with Crippen molar-refractivity contribution in [3.8, 4) is 0 Å². The van der Waals surface area contributed by atoms with Crippen molar-refractivity contribution in [3.63, 3.8) is 0 Å². The molecule has 3 rings (SSSR count). The van der Waals surface area contributed by atoms with E-state index < -0.39 is 5.97 Å². The van der Waals surface area contributed by atoms with E-state index in [1.165, 1.54) is 11.8 Å². The zero-order valence-corrected chi connectivity index (χ0v) is 11.8. The molecule has 1 aromatic carbocycles. The number of nitrogen functional groups attached to an aromatic ring is 1. The lowest BCUT2D eigenvalue weighted by atomic mass is 9.98. The van der Waals surface area contributed by atoms with Crippen LogP contribution in [0.25, 0.3) is 0 Å². The van der Waals surface area contributed by atoms with Gasteiger partial charge in [-0.25, -0.2) is 4.79 Å². The van der Waals surface area contributed by atoms with Crippen LogP contribution in [0.4, 0.5) is 11.7 Å². The van der Waals surface area contributed by atoms with Gasteiger partial charge in [0.25, 0.3) is 6.01 Å². The minimum atomic E-state index is -0.468. The van der Waals surface area contributed by atoms with Gasteiger partial charge >= 0.3 is 5.97 Å². The molecule has 0 radical (unpaired) electrons. The maximum Gasteiger partial charge on any atom is 0.360 e. The van der Waals surface area contributed by atoms with Gasteiger partial charge in [0, 0.05) is 18.8 Å². The molecule has 0 fully saturated rings. The van der Waals surface area contributed by atoms with E-state index in [1.54, 1.807) is 6.92 Å². The molecule has 0 bridgehead atoms. The number of esters is 1. The summed E-state index contributed by atoms with van der Waals surface area (Å²) in [5, 5.41) is 0. The van der Waals surface area contributed by atoms with Crippen molar-refractivity contribution in [2.24, 2.45) is 0 Å². The second-order valence-electron chi connectivity index (χ2n) is 4.89. The van der Waals surface area contributed by atoms with Gasteiger partial charge in [-0.3, -0.25) is 0 Å². The fourth-order valence-electron chi connectivity index (χ4n) is 2.48. The van der Waals surface area contributed by atoms with Crippen LogP contribution in [0.15, 0.2) is 28.9 Å². The topological polar surface area (TPSA) is 81.6 Å². The minimum absolute atomic E-state index is 0.193. The Morgan fingerprint density at radius 2 is 2.38 bits per heavy atom. The highest BCUT2D eigenvalue weighted by Gasteiger charge is 2.23. The number of rotatable bonds is 3. The van der Waals surface area contributed by atoms with Crippen molar-refractivity contribution in [3.05, 3.63) is 41.3 Å².